The van der Waals surface area contributed by atoms with Crippen LogP contribution in [0.3, 0.4) is 0 Å². The van der Waals surface area contributed by atoms with E-state index in [0.29, 0.717) is 0 Å². The monoisotopic (exact) mass is 608 g/mol. The lowest BCUT2D eigenvalue weighted by Gasteiger charge is -2.50. The van der Waals surface area contributed by atoms with Crippen molar-refractivity contribution < 1.29 is 76.1 Å². The van der Waals surface area contributed by atoms with Crippen LogP contribution in [0.2, 0.25) is 0 Å². The molecule has 39 heavy (non-hydrogen) atoms. The first-order valence-electron chi connectivity index (χ1n) is 11.7. The molecular formula is C22H27F15O2. The highest BCUT2D eigenvalue weighted by atomic mass is 19.4. The molecule has 2 aliphatic carbocycles. The molecule has 0 radical (unpaired) electrons. The third kappa shape index (κ3) is 5.55. The predicted molar refractivity (Wildman–Crippen MR) is 104 cm³/mol. The first-order chi connectivity index (χ1) is 16.9. The summed E-state index contributed by atoms with van der Waals surface area (Å²) in [6.45, 7) is 2.94. The molecule has 6 atom stereocenters. The first kappa shape index (κ1) is 34.1. The smallest absolute Gasteiger partial charge is 0.374 e. The summed E-state index contributed by atoms with van der Waals surface area (Å²) in [4.78, 5) is 0. The lowest BCUT2D eigenvalue weighted by Crippen LogP contribution is -2.61. The van der Waals surface area contributed by atoms with Gasteiger partial charge < -0.3 is 10.2 Å². The zero-order chi connectivity index (χ0) is 31.1. The second-order valence-electron chi connectivity index (χ2n) is 11.5. The number of hydrogen-bond acceptors (Lipinski definition) is 2. The minimum atomic E-state index is -6.48. The van der Waals surface area contributed by atoms with Crippen molar-refractivity contribution in [2.24, 2.45) is 34.5 Å². The number of fused-ring (bicyclic) bond motifs is 2. The molecule has 2 N–H and O–H groups in total. The highest BCUT2D eigenvalue weighted by molar-refractivity contribution is 5.13. The van der Waals surface area contributed by atoms with Crippen LogP contribution in [0.1, 0.15) is 59.3 Å². The van der Waals surface area contributed by atoms with Gasteiger partial charge in [-0.1, -0.05) is 20.8 Å². The van der Waals surface area contributed by atoms with Crippen LogP contribution >= 0.6 is 0 Å². The molecular weight excluding hydrogens is 581 g/mol. The Morgan fingerprint density at radius 2 is 1.00 bits per heavy atom. The summed E-state index contributed by atoms with van der Waals surface area (Å²) < 4.78 is 203. The fourth-order valence-corrected chi connectivity index (χ4v) is 6.71. The summed E-state index contributed by atoms with van der Waals surface area (Å²) in [6.07, 6.45) is -38.2. The van der Waals surface area contributed by atoms with Crippen LogP contribution < -0.4 is 0 Å². The third-order valence-corrected chi connectivity index (χ3v) is 9.05. The van der Waals surface area contributed by atoms with Gasteiger partial charge in [-0.3, -0.25) is 0 Å². The Morgan fingerprint density at radius 1 is 0.641 bits per heavy atom. The molecule has 0 aromatic heterocycles. The molecule has 2 nitrogen and oxygen atoms in total. The Morgan fingerprint density at radius 3 is 1.31 bits per heavy atom. The van der Waals surface area contributed by atoms with Crippen molar-refractivity contribution in [2.45, 2.75) is 101 Å². The maximum absolute atomic E-state index is 13.8. The molecule has 0 aromatic rings. The molecule has 17 heteroatoms. The SMILES string of the molecule is CCC(C)(CC1(C)CC2CC1C(CC(O)(C(F)(F)F)C(F)(F)F)C2CC(O)(C(F)(F)F)C(F)(F)F)C(F)(F)F. The fraction of sp³-hybridized carbons (Fsp3) is 1.00. The maximum Gasteiger partial charge on any atom is 0.426 e. The molecule has 2 rings (SSSR count). The lowest BCUT2D eigenvalue weighted by molar-refractivity contribution is -0.381. The Hall–Kier alpha value is -1.13. The fourth-order valence-electron chi connectivity index (χ4n) is 6.71. The third-order valence-electron chi connectivity index (χ3n) is 9.05. The second-order valence-corrected chi connectivity index (χ2v) is 11.5. The van der Waals surface area contributed by atoms with Gasteiger partial charge in [-0.25, -0.2) is 0 Å². The van der Waals surface area contributed by atoms with Crippen molar-refractivity contribution >= 4 is 0 Å². The highest BCUT2D eigenvalue weighted by Crippen LogP contribution is 2.69. The summed E-state index contributed by atoms with van der Waals surface area (Å²) in [6, 6.07) is 0. The van der Waals surface area contributed by atoms with Crippen molar-refractivity contribution in [1.82, 2.24) is 0 Å². The van der Waals surface area contributed by atoms with Crippen molar-refractivity contribution in [1.29, 1.82) is 0 Å². The Balaban J connectivity index is 2.67. The van der Waals surface area contributed by atoms with E-state index >= 15 is 0 Å². The van der Waals surface area contributed by atoms with Crippen LogP contribution in [-0.2, 0) is 0 Å². The van der Waals surface area contributed by atoms with E-state index in [9.17, 15) is 76.1 Å². The van der Waals surface area contributed by atoms with Gasteiger partial charge in [-0.2, -0.15) is 65.9 Å². The average Bonchev–Trinajstić information content (AvgIpc) is 3.18. The quantitative estimate of drug-likeness (QED) is 0.287. The standard InChI is InChI=1S/C22H27F15O2/c1-4-15(3,18(23,24)25)9-14(2)6-10-5-13(14)12(8-17(39,21(32,33)34)22(35,36)37)11(10)7-16(38,19(26,27)28)20(29,30)31/h10-13,38-39H,4-9H2,1-3H3. The molecule has 6 unspecified atom stereocenters. The van der Waals surface area contributed by atoms with Crippen LogP contribution in [-0.4, -0.2) is 52.3 Å². The van der Waals surface area contributed by atoms with E-state index in [1.807, 2.05) is 0 Å². The second kappa shape index (κ2) is 9.45. The van der Waals surface area contributed by atoms with Crippen LogP contribution in [0, 0.1) is 34.5 Å². The van der Waals surface area contributed by atoms with E-state index in [-0.39, 0.29) is 0 Å². The van der Waals surface area contributed by atoms with Gasteiger partial charge in [-0.15, -0.1) is 0 Å². The minimum absolute atomic E-state index is 0.535. The number of rotatable bonds is 7. The predicted octanol–water partition coefficient (Wildman–Crippen LogP) is 8.13. The van der Waals surface area contributed by atoms with Crippen molar-refractivity contribution in [3.63, 3.8) is 0 Å². The van der Waals surface area contributed by atoms with Gasteiger partial charge in [0.05, 0.1) is 5.41 Å². The molecule has 0 heterocycles. The van der Waals surface area contributed by atoms with Crippen LogP contribution in [0.5, 0.6) is 0 Å². The van der Waals surface area contributed by atoms with Crippen LogP contribution in [0.15, 0.2) is 0 Å². The van der Waals surface area contributed by atoms with Gasteiger partial charge >= 0.3 is 30.9 Å². The molecule has 2 fully saturated rings. The number of alkyl halides is 15. The molecule has 0 aliphatic heterocycles. The molecule has 232 valence electrons. The molecule has 0 aromatic carbocycles. The van der Waals surface area contributed by atoms with Gasteiger partial charge in [0.2, 0.25) is 0 Å². The van der Waals surface area contributed by atoms with E-state index in [1.54, 1.807) is 0 Å². The summed E-state index contributed by atoms with van der Waals surface area (Å²) in [5.41, 5.74) is -15.4. The molecule has 2 saturated carbocycles. The number of hydrogen-bond donors (Lipinski definition) is 2. The van der Waals surface area contributed by atoms with Crippen molar-refractivity contribution in [3.8, 4) is 0 Å². The zero-order valence-corrected chi connectivity index (χ0v) is 20.6. The Labute approximate surface area is 212 Å². The average molecular weight is 608 g/mol. The van der Waals surface area contributed by atoms with Crippen molar-refractivity contribution in [2.75, 3.05) is 0 Å². The van der Waals surface area contributed by atoms with Gasteiger partial charge in [-0.05, 0) is 67.6 Å². The highest BCUT2D eigenvalue weighted by Gasteiger charge is 2.76. The maximum atomic E-state index is 13.8. The molecule has 0 spiro atoms. The summed E-state index contributed by atoms with van der Waals surface area (Å²) in [5.74, 6) is -7.82. The normalized spacial score (nSPS) is 31.1. The van der Waals surface area contributed by atoms with Gasteiger partial charge in [0.25, 0.3) is 11.2 Å². The first-order valence-corrected chi connectivity index (χ1v) is 11.7. The largest absolute Gasteiger partial charge is 0.426 e. The van der Waals surface area contributed by atoms with Gasteiger partial charge in [0.1, 0.15) is 0 Å². The van der Waals surface area contributed by atoms with E-state index in [4.69, 9.17) is 0 Å². The summed E-state index contributed by atoms with van der Waals surface area (Å²) in [7, 11) is 0. The van der Waals surface area contributed by atoms with E-state index in [0.717, 1.165) is 20.8 Å². The van der Waals surface area contributed by atoms with Gasteiger partial charge in [0, 0.05) is 0 Å². The topological polar surface area (TPSA) is 40.5 Å². The summed E-state index contributed by atoms with van der Waals surface area (Å²) in [5, 5.41) is 19.4. The van der Waals surface area contributed by atoms with E-state index < -0.39 is 115 Å². The molecule has 2 bridgehead atoms. The molecule has 0 amide bonds. The lowest BCUT2D eigenvalue weighted by atomic mass is 9.57. The Kier molecular flexibility index (Phi) is 8.25. The van der Waals surface area contributed by atoms with Crippen LogP contribution in [0.4, 0.5) is 65.9 Å². The van der Waals surface area contributed by atoms with Gasteiger partial charge in [0.15, 0.2) is 0 Å². The molecule has 0 saturated heterocycles. The summed E-state index contributed by atoms with van der Waals surface area (Å²) >= 11 is 0. The number of halogens is 15. The van der Waals surface area contributed by atoms with E-state index in [1.165, 1.54) is 0 Å². The van der Waals surface area contributed by atoms with E-state index in [2.05, 4.69) is 0 Å². The van der Waals surface area contributed by atoms with Crippen molar-refractivity contribution in [3.05, 3.63) is 0 Å². The minimum Gasteiger partial charge on any atom is -0.374 e. The number of aliphatic hydroxyl groups is 2. The Bertz CT molecular complexity index is 856. The zero-order valence-electron chi connectivity index (χ0n) is 20.6. The molecule has 2 aliphatic rings. The van der Waals surface area contributed by atoms with Crippen LogP contribution in [0.25, 0.3) is 0 Å².